The summed E-state index contributed by atoms with van der Waals surface area (Å²) in [5, 5.41) is 5.36. The predicted molar refractivity (Wildman–Crippen MR) is 114 cm³/mol. The van der Waals surface area contributed by atoms with Crippen LogP contribution in [-0.4, -0.2) is 25.0 Å². The van der Waals surface area contributed by atoms with Gasteiger partial charge in [0.15, 0.2) is 0 Å². The lowest BCUT2D eigenvalue weighted by atomic mass is 10.3. The molecule has 29 heavy (non-hydrogen) atoms. The lowest BCUT2D eigenvalue weighted by Gasteiger charge is -2.09. The number of amides is 2. The largest absolute Gasteiger partial charge is 0.494 e. The summed E-state index contributed by atoms with van der Waals surface area (Å²) >= 11 is 1.39. The Bertz CT molecular complexity index is 965. The van der Waals surface area contributed by atoms with Crippen LogP contribution in [0.1, 0.15) is 21.5 Å². The summed E-state index contributed by atoms with van der Waals surface area (Å²) in [7, 11) is 0. The Hall–Kier alpha value is -3.32. The van der Waals surface area contributed by atoms with Crippen LogP contribution in [0.25, 0.3) is 0 Å². The third-order valence-corrected chi connectivity index (χ3v) is 4.88. The van der Waals surface area contributed by atoms with Gasteiger partial charge in [-0.2, -0.15) is 0 Å². The highest BCUT2D eigenvalue weighted by Crippen LogP contribution is 2.25. The predicted octanol–water partition coefficient (Wildman–Crippen LogP) is 4.62. The number of carbonyl (C=O) groups is 2. The summed E-state index contributed by atoms with van der Waals surface area (Å²) in [5.74, 6) is 1.58. The Morgan fingerprint density at radius 1 is 0.897 bits per heavy atom. The van der Waals surface area contributed by atoms with Crippen LogP contribution in [0.5, 0.6) is 17.2 Å². The zero-order valence-corrected chi connectivity index (χ0v) is 17.0. The average molecular weight is 410 g/mol. The maximum absolute atomic E-state index is 12.0. The van der Waals surface area contributed by atoms with Gasteiger partial charge >= 0.3 is 0 Å². The molecule has 0 unspecified atom stereocenters. The van der Waals surface area contributed by atoms with E-state index in [0.29, 0.717) is 28.7 Å². The molecule has 0 spiro atoms. The zero-order chi connectivity index (χ0) is 20.6. The van der Waals surface area contributed by atoms with Crippen LogP contribution >= 0.6 is 11.3 Å². The number of carbonyl (C=O) groups excluding carboxylic acids is 2. The molecule has 0 atom stereocenters. The Balaban J connectivity index is 1.48. The van der Waals surface area contributed by atoms with Crippen LogP contribution in [0, 0.1) is 6.92 Å². The second kappa shape index (κ2) is 9.75. The zero-order valence-electron chi connectivity index (χ0n) is 16.2. The Kier molecular flexibility index (Phi) is 6.86. The summed E-state index contributed by atoms with van der Waals surface area (Å²) in [6, 6.07) is 18.0. The number of anilines is 1. The van der Waals surface area contributed by atoms with Crippen LogP contribution in [0.15, 0.2) is 60.7 Å². The number of aryl methyl sites for hydroxylation is 1. The fourth-order valence-corrected chi connectivity index (χ4v) is 3.31. The van der Waals surface area contributed by atoms with Crippen molar-refractivity contribution in [3.05, 3.63) is 70.4 Å². The van der Waals surface area contributed by atoms with Crippen molar-refractivity contribution in [3.8, 4) is 17.2 Å². The van der Waals surface area contributed by atoms with Gasteiger partial charge in [-0.3, -0.25) is 9.59 Å². The fourth-order valence-electron chi connectivity index (χ4n) is 2.52. The maximum atomic E-state index is 12.0. The number of ether oxygens (including phenoxy) is 2. The molecule has 7 heteroatoms. The molecule has 0 aliphatic carbocycles. The third kappa shape index (κ3) is 6.08. The normalized spacial score (nSPS) is 10.3. The first-order valence-corrected chi connectivity index (χ1v) is 10.0. The number of rotatable bonds is 8. The Morgan fingerprint density at radius 3 is 2.10 bits per heavy atom. The van der Waals surface area contributed by atoms with Gasteiger partial charge in [-0.15, -0.1) is 11.3 Å². The van der Waals surface area contributed by atoms with E-state index in [4.69, 9.17) is 9.47 Å². The summed E-state index contributed by atoms with van der Waals surface area (Å²) in [6.07, 6.45) is 0. The molecule has 0 fully saturated rings. The van der Waals surface area contributed by atoms with E-state index in [-0.39, 0.29) is 18.4 Å². The van der Waals surface area contributed by atoms with E-state index in [0.717, 1.165) is 10.6 Å². The van der Waals surface area contributed by atoms with Gasteiger partial charge in [0.1, 0.15) is 17.2 Å². The molecule has 6 nitrogen and oxygen atoms in total. The van der Waals surface area contributed by atoms with Gasteiger partial charge in [0.05, 0.1) is 18.0 Å². The molecule has 3 rings (SSSR count). The SMILES string of the molecule is CCOc1ccc(Oc2ccc(NC(=O)CNC(=O)c3ccc(C)s3)cc2)cc1. The smallest absolute Gasteiger partial charge is 0.261 e. The number of thiophene rings is 1. The molecule has 1 aromatic heterocycles. The van der Waals surface area contributed by atoms with Crippen LogP contribution in [-0.2, 0) is 4.79 Å². The van der Waals surface area contributed by atoms with Crippen molar-refractivity contribution in [2.24, 2.45) is 0 Å². The number of hydrogen-bond donors (Lipinski definition) is 2. The second-order valence-corrected chi connectivity index (χ2v) is 7.46. The van der Waals surface area contributed by atoms with Gasteiger partial charge in [0, 0.05) is 10.6 Å². The minimum Gasteiger partial charge on any atom is -0.494 e. The molecule has 0 aliphatic heterocycles. The Labute approximate surface area is 173 Å². The van der Waals surface area contributed by atoms with E-state index < -0.39 is 0 Å². The summed E-state index contributed by atoms with van der Waals surface area (Å²) in [6.45, 7) is 4.38. The van der Waals surface area contributed by atoms with Gasteiger partial charge in [-0.1, -0.05) is 0 Å². The number of benzene rings is 2. The molecular formula is C22H22N2O4S. The van der Waals surface area contributed by atoms with Crippen molar-refractivity contribution in [2.75, 3.05) is 18.5 Å². The number of nitrogens with one attached hydrogen (secondary N) is 2. The van der Waals surface area contributed by atoms with Crippen LogP contribution in [0.2, 0.25) is 0 Å². The molecule has 0 bridgehead atoms. The summed E-state index contributed by atoms with van der Waals surface area (Å²) in [4.78, 5) is 25.7. The second-order valence-electron chi connectivity index (χ2n) is 6.17. The summed E-state index contributed by atoms with van der Waals surface area (Å²) < 4.78 is 11.2. The first kappa shape index (κ1) is 20.4. The topological polar surface area (TPSA) is 76.7 Å². The standard InChI is InChI=1S/C22H22N2O4S/c1-3-27-17-9-11-19(12-10-17)28-18-7-5-16(6-8-18)24-21(25)14-23-22(26)20-13-4-15(2)29-20/h4-13H,3,14H2,1-2H3,(H,23,26)(H,24,25). The van der Waals surface area contributed by atoms with Gasteiger partial charge in [-0.05, 0) is 74.5 Å². The van der Waals surface area contributed by atoms with Crippen molar-refractivity contribution < 1.29 is 19.1 Å². The molecule has 1 heterocycles. The van der Waals surface area contributed by atoms with E-state index in [9.17, 15) is 9.59 Å². The van der Waals surface area contributed by atoms with Crippen LogP contribution < -0.4 is 20.1 Å². The Morgan fingerprint density at radius 2 is 1.52 bits per heavy atom. The van der Waals surface area contributed by atoms with E-state index in [1.807, 2.05) is 44.2 Å². The highest BCUT2D eigenvalue weighted by molar-refractivity contribution is 7.13. The molecule has 0 saturated heterocycles. The van der Waals surface area contributed by atoms with Gasteiger partial charge < -0.3 is 20.1 Å². The van der Waals surface area contributed by atoms with E-state index in [1.165, 1.54) is 11.3 Å². The lowest BCUT2D eigenvalue weighted by molar-refractivity contribution is -0.115. The van der Waals surface area contributed by atoms with E-state index in [1.54, 1.807) is 30.3 Å². The van der Waals surface area contributed by atoms with Crippen LogP contribution in [0.4, 0.5) is 5.69 Å². The van der Waals surface area contributed by atoms with Crippen molar-refractivity contribution >= 4 is 28.8 Å². The summed E-state index contributed by atoms with van der Waals surface area (Å²) in [5.41, 5.74) is 0.621. The van der Waals surface area contributed by atoms with Crippen LogP contribution in [0.3, 0.4) is 0 Å². The fraction of sp³-hybridized carbons (Fsp3) is 0.182. The van der Waals surface area contributed by atoms with Crippen molar-refractivity contribution in [2.45, 2.75) is 13.8 Å². The van der Waals surface area contributed by atoms with Gasteiger partial charge in [0.2, 0.25) is 5.91 Å². The van der Waals surface area contributed by atoms with Gasteiger partial charge in [-0.25, -0.2) is 0 Å². The van der Waals surface area contributed by atoms with E-state index in [2.05, 4.69) is 10.6 Å². The van der Waals surface area contributed by atoms with Crippen molar-refractivity contribution in [3.63, 3.8) is 0 Å². The highest BCUT2D eigenvalue weighted by atomic mass is 32.1. The molecule has 3 aromatic rings. The van der Waals surface area contributed by atoms with Crippen molar-refractivity contribution in [1.29, 1.82) is 0 Å². The van der Waals surface area contributed by atoms with Gasteiger partial charge in [0.25, 0.3) is 5.91 Å². The third-order valence-electron chi connectivity index (χ3n) is 3.88. The molecule has 0 radical (unpaired) electrons. The first-order chi connectivity index (χ1) is 14.0. The molecule has 2 N–H and O–H groups in total. The van der Waals surface area contributed by atoms with Crippen molar-refractivity contribution in [1.82, 2.24) is 5.32 Å². The minimum absolute atomic E-state index is 0.0970. The first-order valence-electron chi connectivity index (χ1n) is 9.19. The molecule has 150 valence electrons. The lowest BCUT2D eigenvalue weighted by Crippen LogP contribution is -2.32. The highest BCUT2D eigenvalue weighted by Gasteiger charge is 2.10. The average Bonchev–Trinajstić information content (AvgIpc) is 3.16. The van der Waals surface area contributed by atoms with E-state index >= 15 is 0 Å². The molecule has 0 aliphatic rings. The molecular weight excluding hydrogens is 388 g/mol. The number of hydrogen-bond acceptors (Lipinski definition) is 5. The minimum atomic E-state index is -0.299. The molecule has 0 saturated carbocycles. The molecule has 2 amide bonds. The monoisotopic (exact) mass is 410 g/mol. The molecule has 2 aromatic carbocycles. The quantitative estimate of drug-likeness (QED) is 0.568. The maximum Gasteiger partial charge on any atom is 0.261 e.